The van der Waals surface area contributed by atoms with Crippen molar-refractivity contribution in [2.24, 2.45) is 0 Å². The van der Waals surface area contributed by atoms with E-state index in [4.69, 9.17) is 0 Å². The molecule has 4 aromatic rings. The number of carbonyl (C=O) groups excluding carboxylic acids is 1. The highest BCUT2D eigenvalue weighted by molar-refractivity contribution is 7.98. The lowest BCUT2D eigenvalue weighted by molar-refractivity contribution is 0.0792. The minimum Gasteiger partial charge on any atom is -0.339 e. The zero-order valence-electron chi connectivity index (χ0n) is 17.9. The molecular weight excluding hydrogens is 437 g/mol. The molecule has 0 saturated carbocycles. The molecule has 0 atom stereocenters. The van der Waals surface area contributed by atoms with Crippen LogP contribution in [-0.2, 0) is 5.75 Å². The molecule has 1 aliphatic rings. The van der Waals surface area contributed by atoms with Gasteiger partial charge in [0.25, 0.3) is 5.91 Å². The van der Waals surface area contributed by atoms with Crippen molar-refractivity contribution in [3.63, 3.8) is 0 Å². The number of rotatable bonds is 6. The quantitative estimate of drug-likeness (QED) is 0.380. The minimum absolute atomic E-state index is 0.0831. The van der Waals surface area contributed by atoms with Crippen molar-refractivity contribution in [3.05, 3.63) is 90.0 Å². The van der Waals surface area contributed by atoms with E-state index in [-0.39, 0.29) is 11.7 Å². The van der Waals surface area contributed by atoms with Crippen molar-refractivity contribution < 1.29 is 9.18 Å². The van der Waals surface area contributed by atoms with Crippen LogP contribution in [0.1, 0.15) is 28.8 Å². The molecule has 2 aromatic heterocycles. The number of carbonyl (C=O) groups is 1. The van der Waals surface area contributed by atoms with Crippen LogP contribution in [0.5, 0.6) is 0 Å². The van der Waals surface area contributed by atoms with Gasteiger partial charge in [0, 0.05) is 48.1 Å². The van der Waals surface area contributed by atoms with E-state index in [1.54, 1.807) is 24.5 Å². The van der Waals surface area contributed by atoms with E-state index in [0.29, 0.717) is 16.7 Å². The highest BCUT2D eigenvalue weighted by atomic mass is 32.2. The Kier molecular flexibility index (Phi) is 6.17. The lowest BCUT2D eigenvalue weighted by atomic mass is 10.1. The summed E-state index contributed by atoms with van der Waals surface area (Å²) >= 11 is 1.49. The maximum Gasteiger partial charge on any atom is 0.254 e. The second kappa shape index (κ2) is 9.54. The highest BCUT2D eigenvalue weighted by Crippen LogP contribution is 2.30. The summed E-state index contributed by atoms with van der Waals surface area (Å²) in [5.41, 5.74) is 3.25. The Bertz CT molecular complexity index is 1250. The molecular formula is C25H22FN5OS. The van der Waals surface area contributed by atoms with Gasteiger partial charge in [-0.15, -0.1) is 10.2 Å². The van der Waals surface area contributed by atoms with Crippen LogP contribution < -0.4 is 0 Å². The molecule has 166 valence electrons. The van der Waals surface area contributed by atoms with Crippen LogP contribution in [0.3, 0.4) is 0 Å². The van der Waals surface area contributed by atoms with Gasteiger partial charge >= 0.3 is 0 Å². The van der Waals surface area contributed by atoms with Crippen LogP contribution in [0.15, 0.2) is 78.2 Å². The number of halogens is 1. The average molecular weight is 460 g/mol. The molecule has 1 saturated heterocycles. The molecule has 8 heteroatoms. The Labute approximate surface area is 195 Å². The Hall–Kier alpha value is -3.52. The van der Waals surface area contributed by atoms with Crippen molar-refractivity contribution in [1.29, 1.82) is 0 Å². The number of hydrogen-bond donors (Lipinski definition) is 0. The van der Waals surface area contributed by atoms with E-state index in [1.807, 2.05) is 45.9 Å². The molecule has 33 heavy (non-hydrogen) atoms. The number of benzene rings is 2. The Morgan fingerprint density at radius 1 is 0.970 bits per heavy atom. The number of hydrogen-bond acceptors (Lipinski definition) is 5. The molecule has 0 N–H and O–H groups in total. The first-order valence-corrected chi connectivity index (χ1v) is 11.8. The smallest absolute Gasteiger partial charge is 0.254 e. The predicted octanol–water partition coefficient (Wildman–Crippen LogP) is 5.00. The molecule has 2 aromatic carbocycles. The normalized spacial score (nSPS) is 13.4. The first kappa shape index (κ1) is 21.3. The van der Waals surface area contributed by atoms with Gasteiger partial charge in [-0.2, -0.15) is 0 Å². The molecule has 6 nitrogen and oxygen atoms in total. The maximum atomic E-state index is 13.6. The predicted molar refractivity (Wildman–Crippen MR) is 126 cm³/mol. The van der Waals surface area contributed by atoms with E-state index < -0.39 is 0 Å². The van der Waals surface area contributed by atoms with Crippen LogP contribution in [0.4, 0.5) is 4.39 Å². The molecule has 0 spiro atoms. The number of pyridine rings is 1. The van der Waals surface area contributed by atoms with Crippen LogP contribution in [0.25, 0.3) is 17.1 Å². The minimum atomic E-state index is -0.307. The Morgan fingerprint density at radius 2 is 1.76 bits per heavy atom. The number of thioether (sulfide) groups is 1. The van der Waals surface area contributed by atoms with Crippen LogP contribution >= 0.6 is 11.8 Å². The molecule has 1 fully saturated rings. The molecule has 0 bridgehead atoms. The van der Waals surface area contributed by atoms with Gasteiger partial charge in [-0.05, 0) is 60.9 Å². The second-order valence-electron chi connectivity index (χ2n) is 7.80. The lowest BCUT2D eigenvalue weighted by Gasteiger charge is -2.17. The fraction of sp³-hybridized carbons (Fsp3) is 0.200. The van der Waals surface area contributed by atoms with Gasteiger partial charge < -0.3 is 4.90 Å². The monoisotopic (exact) mass is 459 g/mol. The summed E-state index contributed by atoms with van der Waals surface area (Å²) in [4.78, 5) is 19.1. The highest BCUT2D eigenvalue weighted by Gasteiger charge is 2.22. The second-order valence-corrected chi connectivity index (χ2v) is 8.75. The fourth-order valence-corrected chi connectivity index (χ4v) is 4.91. The van der Waals surface area contributed by atoms with E-state index in [1.165, 1.54) is 23.9 Å². The first-order chi connectivity index (χ1) is 16.2. The molecule has 0 aliphatic carbocycles. The van der Waals surface area contributed by atoms with E-state index >= 15 is 0 Å². The fourth-order valence-electron chi connectivity index (χ4n) is 3.96. The molecule has 5 rings (SSSR count). The molecule has 3 heterocycles. The summed E-state index contributed by atoms with van der Waals surface area (Å²) in [5, 5.41) is 9.48. The van der Waals surface area contributed by atoms with Gasteiger partial charge in [0.2, 0.25) is 0 Å². The van der Waals surface area contributed by atoms with Crippen molar-refractivity contribution in [1.82, 2.24) is 24.6 Å². The van der Waals surface area contributed by atoms with E-state index in [0.717, 1.165) is 48.3 Å². The number of aromatic nitrogens is 4. The molecule has 0 radical (unpaired) electrons. The van der Waals surface area contributed by atoms with E-state index in [9.17, 15) is 9.18 Å². The van der Waals surface area contributed by atoms with Gasteiger partial charge in [-0.3, -0.25) is 14.3 Å². The lowest BCUT2D eigenvalue weighted by Crippen LogP contribution is -2.28. The van der Waals surface area contributed by atoms with Gasteiger partial charge in [0.1, 0.15) is 5.82 Å². The largest absolute Gasteiger partial charge is 0.339 e. The third kappa shape index (κ3) is 4.52. The van der Waals surface area contributed by atoms with Gasteiger partial charge in [0.05, 0.1) is 0 Å². The average Bonchev–Trinajstić information content (AvgIpc) is 3.54. The Balaban J connectivity index is 1.47. The van der Waals surface area contributed by atoms with Crippen LogP contribution in [0.2, 0.25) is 0 Å². The number of likely N-dealkylation sites (tertiary alicyclic amines) is 1. The van der Waals surface area contributed by atoms with Gasteiger partial charge in [-0.1, -0.05) is 30.0 Å². The summed E-state index contributed by atoms with van der Waals surface area (Å²) in [7, 11) is 0. The summed E-state index contributed by atoms with van der Waals surface area (Å²) in [6.45, 7) is 1.63. The van der Waals surface area contributed by atoms with Crippen molar-refractivity contribution in [2.75, 3.05) is 13.1 Å². The van der Waals surface area contributed by atoms with Crippen molar-refractivity contribution in [3.8, 4) is 17.1 Å². The molecule has 1 aliphatic heterocycles. The zero-order valence-corrected chi connectivity index (χ0v) is 18.7. The SMILES string of the molecule is O=C(c1ccccc1CSc1nnc(-c2cccnc2)n1-c1ccc(F)cc1)N1CCCC1. The van der Waals surface area contributed by atoms with Crippen LogP contribution in [0, 0.1) is 5.82 Å². The van der Waals surface area contributed by atoms with Gasteiger partial charge in [0.15, 0.2) is 11.0 Å². The van der Waals surface area contributed by atoms with Crippen LogP contribution in [-0.4, -0.2) is 43.6 Å². The standard InChI is InChI=1S/C25H22FN5OS/c26-20-9-11-21(12-10-20)31-23(18-7-5-13-27-16-18)28-29-25(31)33-17-19-6-1-2-8-22(19)24(32)30-14-3-4-15-30/h1-2,5-13,16H,3-4,14-15,17H2. The summed E-state index contributed by atoms with van der Waals surface area (Å²) in [6.07, 6.45) is 5.54. The maximum absolute atomic E-state index is 13.6. The van der Waals surface area contributed by atoms with Crippen molar-refractivity contribution >= 4 is 17.7 Å². The van der Waals surface area contributed by atoms with Crippen molar-refractivity contribution in [2.45, 2.75) is 23.8 Å². The number of amides is 1. The first-order valence-electron chi connectivity index (χ1n) is 10.8. The summed E-state index contributed by atoms with van der Waals surface area (Å²) in [6, 6.07) is 17.7. The van der Waals surface area contributed by atoms with Gasteiger partial charge in [-0.25, -0.2) is 4.39 Å². The molecule has 1 amide bonds. The van der Waals surface area contributed by atoms with E-state index in [2.05, 4.69) is 15.2 Å². The zero-order chi connectivity index (χ0) is 22.6. The summed E-state index contributed by atoms with van der Waals surface area (Å²) in [5.74, 6) is 0.957. The third-order valence-corrected chi connectivity index (χ3v) is 6.61. The third-order valence-electron chi connectivity index (χ3n) is 5.64. The molecule has 0 unspecified atom stereocenters. The topological polar surface area (TPSA) is 63.9 Å². The summed E-state index contributed by atoms with van der Waals surface area (Å²) < 4.78 is 15.5. The Morgan fingerprint density at radius 3 is 2.52 bits per heavy atom. The number of nitrogens with zero attached hydrogens (tertiary/aromatic N) is 5.